The highest BCUT2D eigenvalue weighted by Gasteiger charge is 2.18. The molecule has 4 nitrogen and oxygen atoms in total. The van der Waals surface area contributed by atoms with E-state index >= 15 is 0 Å². The number of nitrogens with one attached hydrogen (secondary N) is 1. The molecule has 1 atom stereocenters. The Bertz CT molecular complexity index is 415. The lowest BCUT2D eigenvalue weighted by molar-refractivity contribution is -0.385. The summed E-state index contributed by atoms with van der Waals surface area (Å²) >= 11 is 0. The van der Waals surface area contributed by atoms with Gasteiger partial charge in [0.1, 0.15) is 5.69 Å². The van der Waals surface area contributed by atoms with Gasteiger partial charge in [0.2, 0.25) is 0 Å². The van der Waals surface area contributed by atoms with Crippen molar-refractivity contribution in [3.05, 3.63) is 33.9 Å². The molecule has 1 unspecified atom stereocenters. The third-order valence-corrected chi connectivity index (χ3v) is 2.62. The Morgan fingerprint density at radius 3 is 2.39 bits per heavy atom. The summed E-state index contributed by atoms with van der Waals surface area (Å²) in [4.78, 5) is 9.61. The van der Waals surface area contributed by atoms with E-state index in [0.29, 0.717) is 0 Å². The van der Waals surface area contributed by atoms with Crippen molar-refractivity contribution in [3.63, 3.8) is 0 Å². The van der Waals surface area contributed by atoms with Crippen molar-refractivity contribution in [3.8, 4) is 0 Å². The average Bonchev–Trinajstić information content (AvgIpc) is 2.30. The zero-order valence-electron chi connectivity index (χ0n) is 10.4. The first kappa shape index (κ1) is 14.3. The molecule has 100 valence electrons. The van der Waals surface area contributed by atoms with Gasteiger partial charge in [0, 0.05) is 6.04 Å². The molecule has 0 saturated carbocycles. The molecule has 0 aliphatic carbocycles. The highest BCUT2D eigenvalue weighted by molar-refractivity contribution is 5.52. The van der Waals surface area contributed by atoms with E-state index in [1.165, 1.54) is 0 Å². The van der Waals surface area contributed by atoms with Gasteiger partial charge in [-0.3, -0.25) is 10.1 Å². The lowest BCUT2D eigenvalue weighted by atomic mass is 10.1. The SMILES string of the molecule is CCCCC(C)Nc1c(F)cc([N+](=O)[O-])cc1F. The van der Waals surface area contributed by atoms with Crippen LogP contribution in [0.5, 0.6) is 0 Å². The maximum absolute atomic E-state index is 13.5. The minimum Gasteiger partial charge on any atom is -0.378 e. The van der Waals surface area contributed by atoms with E-state index in [4.69, 9.17) is 0 Å². The molecule has 0 spiro atoms. The van der Waals surface area contributed by atoms with Gasteiger partial charge in [0.05, 0.1) is 17.1 Å². The molecule has 1 rings (SSSR count). The molecule has 0 fully saturated rings. The van der Waals surface area contributed by atoms with Crippen molar-refractivity contribution < 1.29 is 13.7 Å². The highest BCUT2D eigenvalue weighted by Crippen LogP contribution is 2.25. The number of non-ortho nitro benzene ring substituents is 1. The summed E-state index contributed by atoms with van der Waals surface area (Å²) in [5.41, 5.74) is -0.888. The van der Waals surface area contributed by atoms with Gasteiger partial charge in [-0.25, -0.2) is 8.78 Å². The van der Waals surface area contributed by atoms with Gasteiger partial charge in [-0.15, -0.1) is 0 Å². The van der Waals surface area contributed by atoms with Crippen molar-refractivity contribution in [1.82, 2.24) is 0 Å². The summed E-state index contributed by atoms with van der Waals surface area (Å²) in [5.74, 6) is -1.88. The van der Waals surface area contributed by atoms with Crippen LogP contribution < -0.4 is 5.32 Å². The van der Waals surface area contributed by atoms with E-state index in [1.54, 1.807) is 0 Å². The Morgan fingerprint density at radius 1 is 1.39 bits per heavy atom. The standard InChI is InChI=1S/C12H16F2N2O2/c1-3-4-5-8(2)15-12-10(13)6-9(16(17)18)7-11(12)14/h6-8,15H,3-5H2,1-2H3. The number of hydrogen-bond donors (Lipinski definition) is 1. The minimum atomic E-state index is -0.940. The molecular weight excluding hydrogens is 242 g/mol. The van der Waals surface area contributed by atoms with Crippen LogP contribution in [0.3, 0.4) is 0 Å². The van der Waals surface area contributed by atoms with Crippen LogP contribution in [0.1, 0.15) is 33.1 Å². The molecule has 0 aliphatic rings. The lowest BCUT2D eigenvalue weighted by Gasteiger charge is -2.15. The fourth-order valence-electron chi connectivity index (χ4n) is 1.63. The smallest absolute Gasteiger partial charge is 0.275 e. The first-order valence-corrected chi connectivity index (χ1v) is 5.85. The molecule has 6 heteroatoms. The first-order chi connectivity index (χ1) is 8.45. The van der Waals surface area contributed by atoms with Gasteiger partial charge in [-0.1, -0.05) is 19.8 Å². The number of unbranched alkanes of at least 4 members (excludes halogenated alkanes) is 1. The maximum atomic E-state index is 13.5. The van der Waals surface area contributed by atoms with Crippen LogP contribution in [0, 0.1) is 21.7 Å². The molecule has 0 saturated heterocycles. The Hall–Kier alpha value is -1.72. The van der Waals surface area contributed by atoms with Crippen molar-refractivity contribution >= 4 is 11.4 Å². The molecule has 1 aromatic carbocycles. The average molecular weight is 258 g/mol. The van der Waals surface area contributed by atoms with Crippen molar-refractivity contribution in [1.29, 1.82) is 0 Å². The molecule has 1 N–H and O–H groups in total. The van der Waals surface area contributed by atoms with E-state index in [2.05, 4.69) is 5.32 Å². The van der Waals surface area contributed by atoms with Gasteiger partial charge in [-0.2, -0.15) is 0 Å². The monoisotopic (exact) mass is 258 g/mol. The maximum Gasteiger partial charge on any atom is 0.275 e. The summed E-state index contributed by atoms with van der Waals surface area (Å²) < 4.78 is 27.1. The lowest BCUT2D eigenvalue weighted by Crippen LogP contribution is -2.17. The summed E-state index contributed by atoms with van der Waals surface area (Å²) in [5, 5.41) is 13.1. The molecule has 0 heterocycles. The second kappa shape index (κ2) is 6.28. The Labute approximate surface area is 104 Å². The van der Waals surface area contributed by atoms with Gasteiger partial charge in [-0.05, 0) is 13.3 Å². The highest BCUT2D eigenvalue weighted by atomic mass is 19.1. The second-order valence-corrected chi connectivity index (χ2v) is 4.23. The van der Waals surface area contributed by atoms with Crippen molar-refractivity contribution in [2.45, 2.75) is 39.2 Å². The van der Waals surface area contributed by atoms with Crippen molar-refractivity contribution in [2.24, 2.45) is 0 Å². The number of nitro groups is 1. The molecule has 0 bridgehead atoms. The summed E-state index contributed by atoms with van der Waals surface area (Å²) in [6.45, 7) is 3.84. The van der Waals surface area contributed by atoms with E-state index in [1.807, 2.05) is 13.8 Å². The van der Waals surface area contributed by atoms with E-state index in [9.17, 15) is 18.9 Å². The van der Waals surface area contributed by atoms with E-state index in [0.717, 1.165) is 31.4 Å². The van der Waals surface area contributed by atoms with Crippen LogP contribution in [0.15, 0.2) is 12.1 Å². The van der Waals surface area contributed by atoms with Crippen LogP contribution >= 0.6 is 0 Å². The number of hydrogen-bond acceptors (Lipinski definition) is 3. The zero-order chi connectivity index (χ0) is 13.7. The predicted octanol–water partition coefficient (Wildman–Crippen LogP) is 3.86. The summed E-state index contributed by atoms with van der Waals surface area (Å²) in [6.07, 6.45) is 2.73. The molecule has 0 aromatic heterocycles. The van der Waals surface area contributed by atoms with Crippen LogP contribution in [-0.4, -0.2) is 11.0 Å². The number of rotatable bonds is 6. The molecular formula is C12H16F2N2O2. The number of nitrogens with zero attached hydrogens (tertiary/aromatic N) is 1. The summed E-state index contributed by atoms with van der Waals surface area (Å²) in [6, 6.07) is 1.35. The van der Waals surface area contributed by atoms with Crippen LogP contribution in [0.25, 0.3) is 0 Å². The number of anilines is 1. The van der Waals surface area contributed by atoms with Gasteiger partial charge >= 0.3 is 0 Å². The topological polar surface area (TPSA) is 55.2 Å². The molecule has 0 radical (unpaired) electrons. The first-order valence-electron chi connectivity index (χ1n) is 5.85. The summed E-state index contributed by atoms with van der Waals surface area (Å²) in [7, 11) is 0. The van der Waals surface area contributed by atoms with E-state index in [-0.39, 0.29) is 11.7 Å². The zero-order valence-corrected chi connectivity index (χ0v) is 10.4. The quantitative estimate of drug-likeness (QED) is 0.622. The van der Waals surface area contributed by atoms with Crippen LogP contribution in [0.4, 0.5) is 20.2 Å². The third-order valence-electron chi connectivity index (χ3n) is 2.62. The number of benzene rings is 1. The Kier molecular flexibility index (Phi) is 5.00. The van der Waals surface area contributed by atoms with Crippen molar-refractivity contribution in [2.75, 3.05) is 5.32 Å². The molecule has 1 aromatic rings. The van der Waals surface area contributed by atoms with Gasteiger partial charge in [0.15, 0.2) is 11.6 Å². The fourth-order valence-corrected chi connectivity index (χ4v) is 1.63. The Morgan fingerprint density at radius 2 is 1.94 bits per heavy atom. The largest absolute Gasteiger partial charge is 0.378 e. The van der Waals surface area contributed by atoms with Gasteiger partial charge < -0.3 is 5.32 Å². The number of halogens is 2. The third kappa shape index (κ3) is 3.65. The van der Waals surface area contributed by atoms with Crippen LogP contribution in [-0.2, 0) is 0 Å². The predicted molar refractivity (Wildman–Crippen MR) is 65.6 cm³/mol. The second-order valence-electron chi connectivity index (χ2n) is 4.23. The van der Waals surface area contributed by atoms with E-state index < -0.39 is 22.2 Å². The Balaban J connectivity index is 2.86. The molecule has 18 heavy (non-hydrogen) atoms. The fraction of sp³-hybridized carbons (Fsp3) is 0.500. The molecule has 0 amide bonds. The normalized spacial score (nSPS) is 12.2. The number of nitro benzene ring substituents is 1. The minimum absolute atomic E-state index is 0.0876. The van der Waals surface area contributed by atoms with Gasteiger partial charge in [0.25, 0.3) is 5.69 Å². The molecule has 0 aliphatic heterocycles. The van der Waals surface area contributed by atoms with Crippen LogP contribution in [0.2, 0.25) is 0 Å².